The number of anilines is 3. The Hall–Kier alpha value is -3.12. The van der Waals surface area contributed by atoms with Gasteiger partial charge in [0.15, 0.2) is 0 Å². The van der Waals surface area contributed by atoms with Crippen molar-refractivity contribution in [2.24, 2.45) is 0 Å². The Morgan fingerprint density at radius 3 is 2.46 bits per heavy atom. The van der Waals surface area contributed by atoms with E-state index in [1.807, 2.05) is 31.2 Å². The molecule has 132 valence electrons. The summed E-state index contributed by atoms with van der Waals surface area (Å²) in [5.74, 6) is 0.735. The van der Waals surface area contributed by atoms with E-state index in [0.717, 1.165) is 11.3 Å². The number of rotatable bonds is 5. The second-order valence-corrected chi connectivity index (χ2v) is 5.89. The van der Waals surface area contributed by atoms with Crippen LogP contribution in [-0.4, -0.2) is 23.0 Å². The molecule has 2 N–H and O–H groups in total. The standard InChI is InChI=1S/C19H17ClN4O2/c1-12-14(20)6-5-8-15(12)23-18(25)13-10-21-19(22-11-13)24-16-7-3-4-9-17(16)26-2/h3-11H,1-2H3,(H,23,25)(H,21,22,24). The molecule has 1 aromatic heterocycles. The number of carbonyl (C=O) groups is 1. The zero-order valence-electron chi connectivity index (χ0n) is 14.3. The maximum Gasteiger partial charge on any atom is 0.258 e. The molecule has 0 radical (unpaired) electrons. The Labute approximate surface area is 156 Å². The first kappa shape index (κ1) is 17.7. The summed E-state index contributed by atoms with van der Waals surface area (Å²) < 4.78 is 5.27. The van der Waals surface area contributed by atoms with E-state index in [2.05, 4.69) is 20.6 Å². The molecule has 6 nitrogen and oxygen atoms in total. The topological polar surface area (TPSA) is 76.1 Å². The molecule has 0 atom stereocenters. The van der Waals surface area contributed by atoms with Crippen molar-refractivity contribution in [1.82, 2.24) is 9.97 Å². The van der Waals surface area contributed by atoms with Crippen LogP contribution in [0.15, 0.2) is 54.9 Å². The molecular weight excluding hydrogens is 352 g/mol. The molecule has 0 bridgehead atoms. The minimum atomic E-state index is -0.306. The number of amides is 1. The van der Waals surface area contributed by atoms with Gasteiger partial charge in [-0.05, 0) is 36.8 Å². The van der Waals surface area contributed by atoms with E-state index in [0.29, 0.717) is 28.0 Å². The van der Waals surface area contributed by atoms with Crippen LogP contribution < -0.4 is 15.4 Å². The fourth-order valence-electron chi connectivity index (χ4n) is 2.32. The molecule has 1 amide bonds. The van der Waals surface area contributed by atoms with Crippen molar-refractivity contribution in [2.75, 3.05) is 17.7 Å². The molecule has 0 saturated heterocycles. The Kier molecular flexibility index (Phi) is 5.34. The lowest BCUT2D eigenvalue weighted by Crippen LogP contribution is -2.14. The second-order valence-electron chi connectivity index (χ2n) is 5.49. The first-order chi connectivity index (χ1) is 12.6. The summed E-state index contributed by atoms with van der Waals surface area (Å²) in [4.78, 5) is 20.7. The average Bonchev–Trinajstić information content (AvgIpc) is 2.66. The number of carbonyl (C=O) groups excluding carboxylic acids is 1. The van der Waals surface area contributed by atoms with Crippen LogP contribution in [-0.2, 0) is 0 Å². The van der Waals surface area contributed by atoms with Gasteiger partial charge in [0, 0.05) is 23.1 Å². The smallest absolute Gasteiger partial charge is 0.258 e. The minimum Gasteiger partial charge on any atom is -0.495 e. The van der Waals surface area contributed by atoms with Gasteiger partial charge in [-0.25, -0.2) is 9.97 Å². The van der Waals surface area contributed by atoms with Gasteiger partial charge in [0.05, 0.1) is 18.4 Å². The van der Waals surface area contributed by atoms with Gasteiger partial charge in [0.25, 0.3) is 5.91 Å². The summed E-state index contributed by atoms with van der Waals surface area (Å²) in [6, 6.07) is 12.8. The molecular formula is C19H17ClN4O2. The third kappa shape index (κ3) is 3.92. The molecule has 0 saturated carbocycles. The van der Waals surface area contributed by atoms with Gasteiger partial charge >= 0.3 is 0 Å². The summed E-state index contributed by atoms with van der Waals surface area (Å²) in [6.45, 7) is 1.84. The number of ether oxygens (including phenoxy) is 1. The summed E-state index contributed by atoms with van der Waals surface area (Å²) in [6.07, 6.45) is 2.92. The SMILES string of the molecule is COc1ccccc1Nc1ncc(C(=O)Nc2cccc(Cl)c2C)cn1. The van der Waals surface area contributed by atoms with Crippen LogP contribution in [0.2, 0.25) is 5.02 Å². The fourth-order valence-corrected chi connectivity index (χ4v) is 2.49. The normalized spacial score (nSPS) is 10.3. The molecule has 0 aliphatic rings. The highest BCUT2D eigenvalue weighted by Gasteiger charge is 2.11. The van der Waals surface area contributed by atoms with E-state index >= 15 is 0 Å². The predicted molar refractivity (Wildman–Crippen MR) is 102 cm³/mol. The van der Waals surface area contributed by atoms with E-state index in [9.17, 15) is 4.79 Å². The lowest BCUT2D eigenvalue weighted by molar-refractivity contribution is 0.102. The monoisotopic (exact) mass is 368 g/mol. The number of benzene rings is 2. The Morgan fingerprint density at radius 2 is 1.73 bits per heavy atom. The van der Waals surface area contributed by atoms with Crippen molar-refractivity contribution < 1.29 is 9.53 Å². The van der Waals surface area contributed by atoms with Crippen molar-refractivity contribution in [1.29, 1.82) is 0 Å². The number of aromatic nitrogens is 2. The number of hydrogen-bond acceptors (Lipinski definition) is 5. The van der Waals surface area contributed by atoms with Crippen molar-refractivity contribution in [3.05, 3.63) is 71.0 Å². The summed E-state index contributed by atoms with van der Waals surface area (Å²) >= 11 is 6.07. The minimum absolute atomic E-state index is 0.306. The van der Waals surface area contributed by atoms with E-state index in [-0.39, 0.29) is 5.91 Å². The lowest BCUT2D eigenvalue weighted by atomic mass is 10.2. The molecule has 3 rings (SSSR count). The highest BCUT2D eigenvalue weighted by molar-refractivity contribution is 6.31. The summed E-state index contributed by atoms with van der Waals surface area (Å²) in [5.41, 5.74) is 2.54. The Balaban J connectivity index is 1.73. The van der Waals surface area contributed by atoms with Crippen molar-refractivity contribution in [2.45, 2.75) is 6.92 Å². The first-order valence-corrected chi connectivity index (χ1v) is 8.25. The van der Waals surface area contributed by atoms with Gasteiger partial charge < -0.3 is 15.4 Å². The molecule has 26 heavy (non-hydrogen) atoms. The van der Waals surface area contributed by atoms with Crippen LogP contribution in [0.5, 0.6) is 5.75 Å². The number of nitrogens with zero attached hydrogens (tertiary/aromatic N) is 2. The zero-order chi connectivity index (χ0) is 18.5. The molecule has 0 unspecified atom stereocenters. The zero-order valence-corrected chi connectivity index (χ0v) is 15.0. The fraction of sp³-hybridized carbons (Fsp3) is 0.105. The number of nitrogens with one attached hydrogen (secondary N) is 2. The molecule has 0 spiro atoms. The molecule has 0 aliphatic heterocycles. The lowest BCUT2D eigenvalue weighted by Gasteiger charge is -2.11. The number of hydrogen-bond donors (Lipinski definition) is 2. The third-order valence-electron chi connectivity index (χ3n) is 3.78. The van der Waals surface area contributed by atoms with Gasteiger partial charge in [-0.3, -0.25) is 4.79 Å². The average molecular weight is 369 g/mol. The van der Waals surface area contributed by atoms with Gasteiger partial charge in [-0.15, -0.1) is 0 Å². The van der Waals surface area contributed by atoms with E-state index in [4.69, 9.17) is 16.3 Å². The van der Waals surface area contributed by atoms with Crippen LogP contribution in [0.1, 0.15) is 15.9 Å². The maximum absolute atomic E-state index is 12.4. The molecule has 0 fully saturated rings. The number of methoxy groups -OCH3 is 1. The molecule has 7 heteroatoms. The molecule has 1 heterocycles. The highest BCUT2D eigenvalue weighted by Crippen LogP contribution is 2.26. The quantitative estimate of drug-likeness (QED) is 0.696. The van der Waals surface area contributed by atoms with Gasteiger partial charge in [0.2, 0.25) is 5.95 Å². The predicted octanol–water partition coefficient (Wildman–Crippen LogP) is 4.44. The van der Waals surface area contributed by atoms with Gasteiger partial charge in [0.1, 0.15) is 5.75 Å². The third-order valence-corrected chi connectivity index (χ3v) is 4.19. The first-order valence-electron chi connectivity index (χ1n) is 7.87. The van der Waals surface area contributed by atoms with Crippen LogP contribution >= 0.6 is 11.6 Å². The summed E-state index contributed by atoms with van der Waals surface area (Å²) in [7, 11) is 1.59. The van der Waals surface area contributed by atoms with Crippen LogP contribution in [0, 0.1) is 6.92 Å². The second kappa shape index (κ2) is 7.84. The summed E-state index contributed by atoms with van der Waals surface area (Å²) in [5, 5.41) is 6.46. The van der Waals surface area contributed by atoms with Gasteiger partial charge in [-0.1, -0.05) is 29.8 Å². The number of para-hydroxylation sites is 2. The highest BCUT2D eigenvalue weighted by atomic mass is 35.5. The van der Waals surface area contributed by atoms with E-state index < -0.39 is 0 Å². The maximum atomic E-state index is 12.4. The van der Waals surface area contributed by atoms with Crippen LogP contribution in [0.4, 0.5) is 17.3 Å². The molecule has 3 aromatic rings. The van der Waals surface area contributed by atoms with Crippen LogP contribution in [0.25, 0.3) is 0 Å². The van der Waals surface area contributed by atoms with Crippen LogP contribution in [0.3, 0.4) is 0 Å². The molecule has 0 aliphatic carbocycles. The van der Waals surface area contributed by atoms with Crippen molar-refractivity contribution in [3.63, 3.8) is 0 Å². The Bertz CT molecular complexity index is 929. The number of halogens is 1. The Morgan fingerprint density at radius 1 is 1.04 bits per heavy atom. The van der Waals surface area contributed by atoms with E-state index in [1.165, 1.54) is 12.4 Å². The van der Waals surface area contributed by atoms with Crippen molar-refractivity contribution >= 4 is 34.8 Å². The van der Waals surface area contributed by atoms with Crippen molar-refractivity contribution in [3.8, 4) is 5.75 Å². The van der Waals surface area contributed by atoms with E-state index in [1.54, 1.807) is 25.3 Å². The van der Waals surface area contributed by atoms with Gasteiger partial charge in [-0.2, -0.15) is 0 Å². The molecule has 2 aromatic carbocycles. The largest absolute Gasteiger partial charge is 0.495 e.